The summed E-state index contributed by atoms with van der Waals surface area (Å²) in [5.74, 6) is -0.297. The van der Waals surface area contributed by atoms with E-state index in [1.54, 1.807) is 20.8 Å². The molecule has 0 aliphatic rings. The van der Waals surface area contributed by atoms with Crippen LogP contribution in [0.2, 0.25) is 0 Å². The second-order valence-corrected chi connectivity index (χ2v) is 7.91. The molecule has 0 heterocycles. The molecule has 0 fully saturated rings. The van der Waals surface area contributed by atoms with Gasteiger partial charge < -0.3 is 9.84 Å². The highest BCUT2D eigenvalue weighted by molar-refractivity contribution is 7.89. The van der Waals surface area contributed by atoms with E-state index >= 15 is 0 Å². The average Bonchev–Trinajstić information content (AvgIpc) is 2.49. The Morgan fingerprint density at radius 1 is 1.21 bits per heavy atom. The van der Waals surface area contributed by atoms with Crippen molar-refractivity contribution in [3.63, 3.8) is 0 Å². The van der Waals surface area contributed by atoms with E-state index in [0.717, 1.165) is 0 Å². The van der Waals surface area contributed by atoms with Crippen molar-refractivity contribution in [3.05, 3.63) is 24.3 Å². The molecule has 1 rings (SSSR count). The van der Waals surface area contributed by atoms with Gasteiger partial charge in [-0.25, -0.2) is 13.9 Å². The third-order valence-electron chi connectivity index (χ3n) is 2.87. The molecule has 0 spiro atoms. The molecule has 0 saturated heterocycles. The molecule has 0 bridgehead atoms. The van der Waals surface area contributed by atoms with E-state index in [-0.39, 0.29) is 4.90 Å². The van der Waals surface area contributed by atoms with Crippen LogP contribution in [0.15, 0.2) is 29.2 Å². The number of sulfonamides is 1. The van der Waals surface area contributed by atoms with Gasteiger partial charge in [-0.1, -0.05) is 0 Å². The fraction of sp³-hybridized carbons (Fsp3) is 0.533. The van der Waals surface area contributed by atoms with Crippen LogP contribution < -0.4 is 14.9 Å². The predicted molar refractivity (Wildman–Crippen MR) is 87.8 cm³/mol. The molecule has 0 aliphatic heterocycles. The first-order valence-corrected chi connectivity index (χ1v) is 8.77. The van der Waals surface area contributed by atoms with E-state index in [4.69, 9.17) is 9.57 Å². The number of nitrogens with one attached hydrogen (secondary N) is 2. The molecule has 1 aromatic rings. The van der Waals surface area contributed by atoms with Crippen molar-refractivity contribution >= 4 is 15.9 Å². The van der Waals surface area contributed by atoms with Gasteiger partial charge in [0.2, 0.25) is 10.0 Å². The van der Waals surface area contributed by atoms with Gasteiger partial charge in [0.15, 0.2) is 0 Å². The number of rotatable bonds is 7. The molecule has 136 valence electrons. The Bertz CT molecular complexity index is 650. The molecule has 0 radical (unpaired) electrons. The summed E-state index contributed by atoms with van der Waals surface area (Å²) in [4.78, 5) is 17.2. The number of carbonyl (C=O) groups is 1. The number of benzene rings is 1. The van der Waals surface area contributed by atoms with Crippen LogP contribution in [0.5, 0.6) is 5.75 Å². The summed E-state index contributed by atoms with van der Waals surface area (Å²) in [6, 6.07) is 4.23. The minimum Gasteiger partial charge on any atom is -0.497 e. The average molecular weight is 360 g/mol. The van der Waals surface area contributed by atoms with E-state index in [1.807, 2.05) is 0 Å². The molecule has 1 aromatic carbocycles. The minimum atomic E-state index is -4.01. The molecule has 2 atom stereocenters. The first-order valence-electron chi connectivity index (χ1n) is 7.28. The zero-order valence-electron chi connectivity index (χ0n) is 14.4. The first-order chi connectivity index (χ1) is 11.0. The molecule has 9 heteroatoms. The van der Waals surface area contributed by atoms with Gasteiger partial charge in [0.1, 0.15) is 11.8 Å². The van der Waals surface area contributed by atoms with Crippen LogP contribution in [0.3, 0.4) is 0 Å². The standard InChI is InChI=1S/C15H24N2O6S/c1-10(18)13(14(19)16-23-15(2,3)4)17-24(20,21)12-8-6-11(22-5)7-9-12/h6-10,13,17-18H,1-5H3,(H,16,19). The Morgan fingerprint density at radius 2 is 1.75 bits per heavy atom. The summed E-state index contributed by atoms with van der Waals surface area (Å²) in [7, 11) is -2.55. The fourth-order valence-corrected chi connectivity index (χ4v) is 2.90. The Hall–Kier alpha value is -1.68. The molecule has 24 heavy (non-hydrogen) atoms. The maximum Gasteiger partial charge on any atom is 0.264 e. The van der Waals surface area contributed by atoms with Crippen LogP contribution in [-0.2, 0) is 19.7 Å². The van der Waals surface area contributed by atoms with Gasteiger partial charge in [0.05, 0.1) is 23.7 Å². The number of aliphatic hydroxyl groups excluding tert-OH is 1. The van der Waals surface area contributed by atoms with E-state index in [2.05, 4.69) is 10.2 Å². The zero-order valence-corrected chi connectivity index (χ0v) is 15.2. The maximum atomic E-state index is 12.4. The summed E-state index contributed by atoms with van der Waals surface area (Å²) in [5, 5.41) is 9.74. The number of hydrogen-bond donors (Lipinski definition) is 3. The van der Waals surface area contributed by atoms with E-state index in [9.17, 15) is 18.3 Å². The van der Waals surface area contributed by atoms with E-state index < -0.39 is 33.7 Å². The van der Waals surface area contributed by atoms with Crippen molar-refractivity contribution in [1.82, 2.24) is 10.2 Å². The monoisotopic (exact) mass is 360 g/mol. The van der Waals surface area contributed by atoms with Gasteiger partial charge in [0.25, 0.3) is 5.91 Å². The van der Waals surface area contributed by atoms with Crippen LogP contribution in [-0.4, -0.2) is 44.3 Å². The number of hydrogen-bond acceptors (Lipinski definition) is 6. The lowest BCUT2D eigenvalue weighted by Crippen LogP contribution is -2.53. The molecule has 0 aromatic heterocycles. The van der Waals surface area contributed by atoms with Crippen LogP contribution >= 0.6 is 0 Å². The summed E-state index contributed by atoms with van der Waals surface area (Å²) < 4.78 is 31.9. The lowest BCUT2D eigenvalue weighted by atomic mass is 10.2. The lowest BCUT2D eigenvalue weighted by molar-refractivity contribution is -0.149. The number of aliphatic hydroxyl groups is 1. The van der Waals surface area contributed by atoms with Gasteiger partial charge in [-0.15, -0.1) is 0 Å². The number of amides is 1. The third kappa shape index (κ3) is 6.08. The lowest BCUT2D eigenvalue weighted by Gasteiger charge is -2.24. The molecule has 2 unspecified atom stereocenters. The highest BCUT2D eigenvalue weighted by Gasteiger charge is 2.30. The summed E-state index contributed by atoms with van der Waals surface area (Å²) >= 11 is 0. The number of carbonyl (C=O) groups excluding carboxylic acids is 1. The largest absolute Gasteiger partial charge is 0.497 e. The summed E-state index contributed by atoms with van der Waals surface area (Å²) in [5.41, 5.74) is 1.49. The first kappa shape index (κ1) is 20.4. The Labute approximate surface area is 142 Å². The van der Waals surface area contributed by atoms with Crippen LogP contribution in [0, 0.1) is 0 Å². The molecule has 8 nitrogen and oxygen atoms in total. The van der Waals surface area contributed by atoms with Crippen LogP contribution in [0.1, 0.15) is 27.7 Å². The van der Waals surface area contributed by atoms with Gasteiger partial charge in [-0.05, 0) is 52.0 Å². The molecular formula is C15H24N2O6S. The topological polar surface area (TPSA) is 114 Å². The zero-order chi connectivity index (χ0) is 18.5. The minimum absolute atomic E-state index is 0.0570. The van der Waals surface area contributed by atoms with Gasteiger partial charge in [0, 0.05) is 0 Å². The second kappa shape index (κ2) is 7.93. The van der Waals surface area contributed by atoms with E-state index in [1.165, 1.54) is 38.3 Å². The van der Waals surface area contributed by atoms with Crippen molar-refractivity contribution in [1.29, 1.82) is 0 Å². The van der Waals surface area contributed by atoms with Crippen molar-refractivity contribution < 1.29 is 27.9 Å². The highest BCUT2D eigenvalue weighted by atomic mass is 32.2. The smallest absolute Gasteiger partial charge is 0.264 e. The molecule has 3 N–H and O–H groups in total. The highest BCUT2D eigenvalue weighted by Crippen LogP contribution is 2.16. The van der Waals surface area contributed by atoms with Gasteiger partial charge in [-0.2, -0.15) is 4.72 Å². The molecular weight excluding hydrogens is 336 g/mol. The normalized spacial score (nSPS) is 14.8. The Kier molecular flexibility index (Phi) is 6.73. The SMILES string of the molecule is COc1ccc(S(=O)(=O)NC(C(=O)NOC(C)(C)C)C(C)O)cc1. The number of methoxy groups -OCH3 is 1. The fourth-order valence-electron chi connectivity index (χ4n) is 1.63. The van der Waals surface area contributed by atoms with Gasteiger partial charge in [-0.3, -0.25) is 9.63 Å². The number of ether oxygens (including phenoxy) is 1. The predicted octanol–water partition coefficient (Wildman–Crippen LogP) is 0.569. The van der Waals surface area contributed by atoms with Crippen molar-refractivity contribution in [2.45, 2.75) is 50.3 Å². The Balaban J connectivity index is 2.91. The molecule has 1 amide bonds. The molecule has 0 aliphatic carbocycles. The van der Waals surface area contributed by atoms with Crippen molar-refractivity contribution in [3.8, 4) is 5.75 Å². The summed E-state index contributed by atoms with van der Waals surface area (Å²) in [6.07, 6.45) is -1.26. The third-order valence-corrected chi connectivity index (χ3v) is 4.33. The second-order valence-electron chi connectivity index (χ2n) is 6.20. The molecule has 0 saturated carbocycles. The quantitative estimate of drug-likeness (QED) is 0.613. The van der Waals surface area contributed by atoms with Crippen molar-refractivity contribution in [2.75, 3.05) is 7.11 Å². The van der Waals surface area contributed by atoms with Crippen LogP contribution in [0.25, 0.3) is 0 Å². The Morgan fingerprint density at radius 3 is 2.17 bits per heavy atom. The van der Waals surface area contributed by atoms with E-state index in [0.29, 0.717) is 5.75 Å². The van der Waals surface area contributed by atoms with Crippen molar-refractivity contribution in [2.24, 2.45) is 0 Å². The maximum absolute atomic E-state index is 12.4. The number of hydroxylamine groups is 1. The van der Waals surface area contributed by atoms with Crippen LogP contribution in [0.4, 0.5) is 0 Å². The van der Waals surface area contributed by atoms with Gasteiger partial charge >= 0.3 is 0 Å². The summed E-state index contributed by atoms with van der Waals surface area (Å²) in [6.45, 7) is 6.45.